The van der Waals surface area contributed by atoms with E-state index >= 15 is 0 Å². The number of benzene rings is 1. The third-order valence-corrected chi connectivity index (χ3v) is 4.62. The van der Waals surface area contributed by atoms with Gasteiger partial charge in [0.2, 0.25) is 0 Å². The molecule has 0 atom stereocenters. The third-order valence-electron chi connectivity index (χ3n) is 3.94. The molecule has 0 amide bonds. The fraction of sp³-hybridized carbons (Fsp3) is 0.0556. The molecule has 4 rings (SSSR count). The Hall–Kier alpha value is -2.79. The first-order valence-electron chi connectivity index (χ1n) is 7.32. The first-order chi connectivity index (χ1) is 11.2. The predicted molar refractivity (Wildman–Crippen MR) is 98.2 cm³/mol. The van der Waals surface area contributed by atoms with Crippen molar-refractivity contribution in [1.82, 2.24) is 9.55 Å². The number of nitrogens with two attached hydrogens (primary N) is 1. The van der Waals surface area contributed by atoms with Crippen LogP contribution in [0.25, 0.3) is 22.2 Å². The minimum Gasteiger partial charge on any atom is -0.399 e. The molecule has 0 aliphatic heterocycles. The van der Waals surface area contributed by atoms with E-state index in [1.807, 2.05) is 36.5 Å². The summed E-state index contributed by atoms with van der Waals surface area (Å²) in [4.78, 5) is 4.50. The fourth-order valence-corrected chi connectivity index (χ4v) is 3.45. The maximum Gasteiger partial charge on any atom is 0.139 e. The molecule has 114 valence electrons. The van der Waals surface area contributed by atoms with Gasteiger partial charge < -0.3 is 15.6 Å². The summed E-state index contributed by atoms with van der Waals surface area (Å²) in [5, 5.41) is 8.72. The number of nitrogen functional groups attached to an aromatic ring is 1. The number of hydrogen-bond acceptors (Lipinski definition) is 4. The van der Waals surface area contributed by atoms with Crippen LogP contribution in [0, 0.1) is 0 Å². The minimum atomic E-state index is 0.731. The average Bonchev–Trinajstić information content (AvgIpc) is 3.17. The van der Waals surface area contributed by atoms with Gasteiger partial charge in [-0.15, -0.1) is 0 Å². The highest BCUT2D eigenvalue weighted by Crippen LogP contribution is 2.32. The number of hydrogen-bond donors (Lipinski definition) is 2. The summed E-state index contributed by atoms with van der Waals surface area (Å²) in [6.45, 7) is 0. The van der Waals surface area contributed by atoms with E-state index in [9.17, 15) is 0 Å². The smallest absolute Gasteiger partial charge is 0.139 e. The molecule has 0 spiro atoms. The van der Waals surface area contributed by atoms with Crippen LogP contribution in [0.5, 0.6) is 0 Å². The first kappa shape index (κ1) is 13.8. The second-order valence-corrected chi connectivity index (χ2v) is 6.22. The summed E-state index contributed by atoms with van der Waals surface area (Å²) in [5.41, 5.74) is 11.1. The highest BCUT2D eigenvalue weighted by Gasteiger charge is 2.12. The van der Waals surface area contributed by atoms with Crippen molar-refractivity contribution in [2.75, 3.05) is 11.1 Å². The molecule has 3 aromatic heterocycles. The molecule has 0 unspecified atom stereocenters. The van der Waals surface area contributed by atoms with Crippen LogP contribution < -0.4 is 11.1 Å². The monoisotopic (exact) mass is 320 g/mol. The van der Waals surface area contributed by atoms with Crippen LogP contribution in [0.15, 0.2) is 59.4 Å². The van der Waals surface area contributed by atoms with Gasteiger partial charge in [-0.2, -0.15) is 11.3 Å². The van der Waals surface area contributed by atoms with Gasteiger partial charge in [-0.1, -0.05) is 6.07 Å². The molecular formula is C18H16N4S. The zero-order chi connectivity index (χ0) is 15.8. The van der Waals surface area contributed by atoms with Crippen LogP contribution in [0.2, 0.25) is 0 Å². The lowest BCUT2D eigenvalue weighted by Gasteiger charge is -2.07. The highest BCUT2D eigenvalue weighted by atomic mass is 32.1. The molecule has 0 aliphatic rings. The highest BCUT2D eigenvalue weighted by molar-refractivity contribution is 7.08. The van der Waals surface area contributed by atoms with Gasteiger partial charge in [0.1, 0.15) is 5.82 Å². The van der Waals surface area contributed by atoms with Crippen molar-refractivity contribution in [2.45, 2.75) is 0 Å². The number of aromatic nitrogens is 2. The lowest BCUT2D eigenvalue weighted by molar-refractivity contribution is 0.978. The SMILES string of the molecule is Cn1c(-c2ccsc2)cc2c(Nc3cccc(N)c3)nccc21. The van der Waals surface area contributed by atoms with E-state index in [2.05, 4.69) is 44.8 Å². The van der Waals surface area contributed by atoms with Gasteiger partial charge in [-0.3, -0.25) is 0 Å². The Labute approximate surface area is 138 Å². The van der Waals surface area contributed by atoms with E-state index in [4.69, 9.17) is 5.73 Å². The number of pyridine rings is 1. The lowest BCUT2D eigenvalue weighted by atomic mass is 10.2. The zero-order valence-electron chi connectivity index (χ0n) is 12.7. The quantitative estimate of drug-likeness (QED) is 0.541. The molecule has 0 saturated carbocycles. The molecule has 0 saturated heterocycles. The maximum absolute atomic E-state index is 5.85. The van der Waals surface area contributed by atoms with Crippen LogP contribution in [0.1, 0.15) is 0 Å². The topological polar surface area (TPSA) is 55.9 Å². The predicted octanol–water partition coefficient (Wildman–Crippen LogP) is 4.63. The van der Waals surface area contributed by atoms with E-state index < -0.39 is 0 Å². The number of anilines is 3. The zero-order valence-corrected chi connectivity index (χ0v) is 13.5. The maximum atomic E-state index is 5.85. The van der Waals surface area contributed by atoms with Crippen molar-refractivity contribution in [3.63, 3.8) is 0 Å². The minimum absolute atomic E-state index is 0.731. The summed E-state index contributed by atoms with van der Waals surface area (Å²) in [5.74, 6) is 0.838. The molecule has 0 fully saturated rings. The van der Waals surface area contributed by atoms with Gasteiger partial charge in [0.25, 0.3) is 0 Å². The van der Waals surface area contributed by atoms with Gasteiger partial charge >= 0.3 is 0 Å². The van der Waals surface area contributed by atoms with Crippen molar-refractivity contribution in [2.24, 2.45) is 7.05 Å². The van der Waals surface area contributed by atoms with Crippen LogP contribution >= 0.6 is 11.3 Å². The van der Waals surface area contributed by atoms with Gasteiger partial charge in [-0.05, 0) is 41.8 Å². The van der Waals surface area contributed by atoms with Crippen LogP contribution in [-0.4, -0.2) is 9.55 Å². The number of nitrogens with zero attached hydrogens (tertiary/aromatic N) is 2. The van der Waals surface area contributed by atoms with Gasteiger partial charge in [0, 0.05) is 46.6 Å². The van der Waals surface area contributed by atoms with Crippen LogP contribution in [0.3, 0.4) is 0 Å². The first-order valence-corrected chi connectivity index (χ1v) is 8.26. The van der Waals surface area contributed by atoms with E-state index in [-0.39, 0.29) is 0 Å². The number of fused-ring (bicyclic) bond motifs is 1. The molecule has 1 aromatic carbocycles. The molecular weight excluding hydrogens is 304 g/mol. The average molecular weight is 320 g/mol. The van der Waals surface area contributed by atoms with Crippen molar-refractivity contribution < 1.29 is 0 Å². The third kappa shape index (κ3) is 2.45. The number of nitrogens with one attached hydrogen (secondary N) is 1. The molecule has 4 nitrogen and oxygen atoms in total. The van der Waals surface area contributed by atoms with Crippen LogP contribution in [-0.2, 0) is 7.05 Å². The van der Waals surface area contributed by atoms with Gasteiger partial charge in [-0.25, -0.2) is 4.98 Å². The molecule has 0 radical (unpaired) electrons. The van der Waals surface area contributed by atoms with Crippen molar-refractivity contribution in [3.8, 4) is 11.3 Å². The Morgan fingerprint density at radius 3 is 2.87 bits per heavy atom. The molecule has 0 bridgehead atoms. The molecule has 5 heteroatoms. The molecule has 23 heavy (non-hydrogen) atoms. The normalized spacial score (nSPS) is 11.0. The molecule has 3 N–H and O–H groups in total. The summed E-state index contributed by atoms with van der Waals surface area (Å²) >= 11 is 1.70. The lowest BCUT2D eigenvalue weighted by Crippen LogP contribution is -1.95. The second-order valence-electron chi connectivity index (χ2n) is 5.44. The summed E-state index contributed by atoms with van der Waals surface area (Å²) in [6.07, 6.45) is 1.83. The molecule has 4 aromatic rings. The number of aryl methyl sites for hydroxylation is 1. The Morgan fingerprint density at radius 2 is 2.09 bits per heavy atom. The van der Waals surface area contributed by atoms with E-state index in [1.54, 1.807) is 11.3 Å². The number of thiophene rings is 1. The summed E-state index contributed by atoms with van der Waals surface area (Å²) in [7, 11) is 2.08. The molecule has 0 aliphatic carbocycles. The van der Waals surface area contributed by atoms with Crippen molar-refractivity contribution in [1.29, 1.82) is 0 Å². The second kappa shape index (κ2) is 5.44. The van der Waals surface area contributed by atoms with E-state index in [0.29, 0.717) is 0 Å². The van der Waals surface area contributed by atoms with E-state index in [0.717, 1.165) is 28.1 Å². The Balaban J connectivity index is 1.83. The van der Waals surface area contributed by atoms with Crippen LogP contribution in [0.4, 0.5) is 17.2 Å². The Bertz CT molecular complexity index is 970. The van der Waals surface area contributed by atoms with Crippen molar-refractivity contribution in [3.05, 3.63) is 59.4 Å². The summed E-state index contributed by atoms with van der Waals surface area (Å²) < 4.78 is 2.20. The van der Waals surface area contributed by atoms with Crippen molar-refractivity contribution >= 4 is 39.4 Å². The fourth-order valence-electron chi connectivity index (χ4n) is 2.80. The Morgan fingerprint density at radius 1 is 1.17 bits per heavy atom. The summed E-state index contributed by atoms with van der Waals surface area (Å²) in [6, 6.07) is 14.0. The standard InChI is InChI=1S/C18H16N4S/c1-22-16-5-7-20-18(21-14-4-2-3-13(19)9-14)15(16)10-17(22)12-6-8-23-11-12/h2-11H,19H2,1H3,(H,20,21). The number of rotatable bonds is 3. The molecule has 3 heterocycles. The van der Waals surface area contributed by atoms with Gasteiger partial charge in [0.15, 0.2) is 0 Å². The van der Waals surface area contributed by atoms with E-state index in [1.165, 1.54) is 11.3 Å². The largest absolute Gasteiger partial charge is 0.399 e. The Kier molecular flexibility index (Phi) is 3.28. The van der Waals surface area contributed by atoms with Gasteiger partial charge in [0.05, 0.1) is 5.52 Å².